The van der Waals surface area contributed by atoms with Gasteiger partial charge >= 0.3 is 12.1 Å². The molecule has 0 saturated carbocycles. The van der Waals surface area contributed by atoms with Crippen molar-refractivity contribution in [1.82, 2.24) is 14.7 Å². The Kier molecular flexibility index (Phi) is 6.58. The number of carbonyl (C=O) groups excluding carboxylic acids is 2. The molecule has 3 rings (SSSR count). The summed E-state index contributed by atoms with van der Waals surface area (Å²) in [5, 5.41) is 14.7. The fraction of sp³-hybridized carbons (Fsp3) is 0.500. The molecule has 1 amide bonds. The number of hydrogen-bond acceptors (Lipinski definition) is 6. The average molecular weight is 439 g/mol. The van der Waals surface area contributed by atoms with Gasteiger partial charge in [-0.15, -0.1) is 0 Å². The Hall–Kier alpha value is -3.34. The van der Waals surface area contributed by atoms with Crippen molar-refractivity contribution in [1.29, 1.82) is 5.26 Å². The highest BCUT2D eigenvalue weighted by atomic mass is 16.6. The SMILES string of the molecule is COC(=O)Cc1nn(-c2ccc(C(C)C)cc2)c2c1C(C#N)N(C(=O)OC(C)(C)C)CC2. The van der Waals surface area contributed by atoms with Gasteiger partial charge in [0.15, 0.2) is 6.04 Å². The quantitative estimate of drug-likeness (QED) is 0.668. The molecule has 1 aliphatic rings. The molecular formula is C24H30N4O4. The van der Waals surface area contributed by atoms with E-state index in [0.717, 1.165) is 11.4 Å². The Morgan fingerprint density at radius 2 is 1.91 bits per heavy atom. The normalized spacial score (nSPS) is 15.8. The summed E-state index contributed by atoms with van der Waals surface area (Å²) in [5.74, 6) is -0.0606. The second-order valence-corrected chi connectivity index (χ2v) is 9.17. The van der Waals surface area contributed by atoms with E-state index >= 15 is 0 Å². The van der Waals surface area contributed by atoms with Crippen LogP contribution >= 0.6 is 0 Å². The van der Waals surface area contributed by atoms with Gasteiger partial charge in [0.25, 0.3) is 0 Å². The summed E-state index contributed by atoms with van der Waals surface area (Å²) in [6, 6.07) is 9.36. The van der Waals surface area contributed by atoms with Gasteiger partial charge < -0.3 is 9.47 Å². The molecule has 0 saturated heterocycles. The van der Waals surface area contributed by atoms with Crippen molar-refractivity contribution in [3.8, 4) is 11.8 Å². The zero-order chi connectivity index (χ0) is 23.6. The van der Waals surface area contributed by atoms with E-state index < -0.39 is 23.7 Å². The van der Waals surface area contributed by atoms with Crippen LogP contribution < -0.4 is 0 Å². The molecule has 0 radical (unpaired) electrons. The fourth-order valence-corrected chi connectivity index (χ4v) is 3.79. The minimum Gasteiger partial charge on any atom is -0.469 e. The molecule has 8 nitrogen and oxygen atoms in total. The zero-order valence-corrected chi connectivity index (χ0v) is 19.5. The van der Waals surface area contributed by atoms with Crippen molar-refractivity contribution in [2.24, 2.45) is 0 Å². The molecule has 8 heteroatoms. The zero-order valence-electron chi connectivity index (χ0n) is 19.5. The lowest BCUT2D eigenvalue weighted by Gasteiger charge is -2.33. The number of amides is 1. The van der Waals surface area contributed by atoms with E-state index in [9.17, 15) is 14.9 Å². The number of ether oxygens (including phenoxy) is 2. The third-order valence-electron chi connectivity index (χ3n) is 5.37. The molecule has 170 valence electrons. The van der Waals surface area contributed by atoms with E-state index in [2.05, 4.69) is 25.0 Å². The van der Waals surface area contributed by atoms with E-state index in [-0.39, 0.29) is 6.42 Å². The number of hydrogen-bond donors (Lipinski definition) is 0. The van der Waals surface area contributed by atoms with Crippen molar-refractivity contribution in [2.45, 2.75) is 65.0 Å². The predicted octanol–water partition coefficient (Wildman–Crippen LogP) is 4.07. The maximum atomic E-state index is 12.8. The van der Waals surface area contributed by atoms with E-state index in [4.69, 9.17) is 9.47 Å². The smallest absolute Gasteiger partial charge is 0.411 e. The second-order valence-electron chi connectivity index (χ2n) is 9.17. The molecule has 0 fully saturated rings. The maximum Gasteiger partial charge on any atom is 0.411 e. The van der Waals surface area contributed by atoms with E-state index in [1.807, 2.05) is 24.3 Å². The van der Waals surface area contributed by atoms with Crippen LogP contribution in [0, 0.1) is 11.3 Å². The third-order valence-corrected chi connectivity index (χ3v) is 5.37. The van der Waals surface area contributed by atoms with Crippen LogP contribution in [0.25, 0.3) is 5.69 Å². The first-order chi connectivity index (χ1) is 15.1. The van der Waals surface area contributed by atoms with Crippen LogP contribution in [-0.2, 0) is 27.1 Å². The lowest BCUT2D eigenvalue weighted by molar-refractivity contribution is -0.139. The van der Waals surface area contributed by atoms with Gasteiger partial charge in [-0.3, -0.25) is 9.69 Å². The minimum absolute atomic E-state index is 0.0871. The van der Waals surface area contributed by atoms with E-state index in [1.165, 1.54) is 17.6 Å². The Balaban J connectivity index is 2.08. The van der Waals surface area contributed by atoms with Gasteiger partial charge in [0.05, 0.1) is 36.7 Å². The number of carbonyl (C=O) groups is 2. The largest absolute Gasteiger partial charge is 0.469 e. The Morgan fingerprint density at radius 1 is 1.25 bits per heavy atom. The highest BCUT2D eigenvalue weighted by Crippen LogP contribution is 2.35. The van der Waals surface area contributed by atoms with Gasteiger partial charge in [0, 0.05) is 18.5 Å². The van der Waals surface area contributed by atoms with Crippen LogP contribution in [0.1, 0.15) is 69.1 Å². The standard InChI is InChI=1S/C24H30N4O4/c1-15(2)16-7-9-17(10-8-16)28-19-11-12-27(23(30)32-24(3,4)5)20(14-25)22(19)18(26-28)13-21(29)31-6/h7-10,15,20H,11-13H2,1-6H3. The van der Waals surface area contributed by atoms with Crippen LogP contribution in [0.15, 0.2) is 24.3 Å². The molecule has 32 heavy (non-hydrogen) atoms. The molecule has 0 spiro atoms. The molecule has 0 bridgehead atoms. The summed E-state index contributed by atoms with van der Waals surface area (Å²) < 4.78 is 12.1. The fourth-order valence-electron chi connectivity index (χ4n) is 3.79. The molecule has 1 aromatic carbocycles. The predicted molar refractivity (Wildman–Crippen MR) is 118 cm³/mol. The summed E-state index contributed by atoms with van der Waals surface area (Å²) >= 11 is 0. The molecule has 1 unspecified atom stereocenters. The highest BCUT2D eigenvalue weighted by molar-refractivity contribution is 5.74. The Morgan fingerprint density at radius 3 is 2.44 bits per heavy atom. The van der Waals surface area contributed by atoms with Crippen molar-refractivity contribution in [3.63, 3.8) is 0 Å². The van der Waals surface area contributed by atoms with Gasteiger partial charge in [-0.1, -0.05) is 26.0 Å². The summed E-state index contributed by atoms with van der Waals surface area (Å²) in [5.41, 5.74) is 3.17. The average Bonchev–Trinajstić information content (AvgIpc) is 3.10. The first-order valence-electron chi connectivity index (χ1n) is 10.7. The highest BCUT2D eigenvalue weighted by Gasteiger charge is 2.39. The first-order valence-corrected chi connectivity index (χ1v) is 10.7. The van der Waals surface area contributed by atoms with Crippen LogP contribution in [-0.4, -0.2) is 46.0 Å². The maximum absolute atomic E-state index is 12.8. The number of benzene rings is 1. The number of methoxy groups -OCH3 is 1. The number of nitriles is 1. The van der Waals surface area contributed by atoms with Crippen LogP contribution in [0.2, 0.25) is 0 Å². The molecule has 1 aromatic heterocycles. The number of esters is 1. The summed E-state index contributed by atoms with van der Waals surface area (Å²) in [7, 11) is 1.31. The van der Waals surface area contributed by atoms with Gasteiger partial charge in [-0.25, -0.2) is 9.48 Å². The number of fused-ring (bicyclic) bond motifs is 1. The van der Waals surface area contributed by atoms with Crippen molar-refractivity contribution >= 4 is 12.1 Å². The monoisotopic (exact) mass is 438 g/mol. The summed E-state index contributed by atoms with van der Waals surface area (Å²) in [6.45, 7) is 9.91. The van der Waals surface area contributed by atoms with Gasteiger partial charge in [-0.05, 0) is 44.4 Å². The molecule has 2 aromatic rings. The van der Waals surface area contributed by atoms with E-state index in [1.54, 1.807) is 25.5 Å². The molecule has 1 atom stereocenters. The number of rotatable bonds is 4. The summed E-state index contributed by atoms with van der Waals surface area (Å²) in [6.07, 6.45) is -0.170. The Labute approximate surface area is 188 Å². The minimum atomic E-state index is -0.906. The molecule has 0 N–H and O–H groups in total. The van der Waals surface area contributed by atoms with Crippen LogP contribution in [0.5, 0.6) is 0 Å². The van der Waals surface area contributed by atoms with E-state index in [0.29, 0.717) is 30.1 Å². The first kappa shape index (κ1) is 23.3. The van der Waals surface area contributed by atoms with Gasteiger partial charge in [-0.2, -0.15) is 10.4 Å². The molecular weight excluding hydrogens is 408 g/mol. The lowest BCUT2D eigenvalue weighted by atomic mass is 9.96. The van der Waals surface area contributed by atoms with Crippen molar-refractivity contribution in [3.05, 3.63) is 46.8 Å². The second kappa shape index (κ2) is 9.03. The Bertz CT molecular complexity index is 1040. The summed E-state index contributed by atoms with van der Waals surface area (Å²) in [4.78, 5) is 26.3. The lowest BCUT2D eigenvalue weighted by Crippen LogP contribution is -2.43. The number of aromatic nitrogens is 2. The topological polar surface area (TPSA) is 97.5 Å². The third kappa shape index (κ3) is 4.77. The van der Waals surface area contributed by atoms with Gasteiger partial charge in [0.1, 0.15) is 5.60 Å². The van der Waals surface area contributed by atoms with Gasteiger partial charge in [0.2, 0.25) is 0 Å². The molecule has 1 aliphatic heterocycles. The van der Waals surface area contributed by atoms with Crippen LogP contribution in [0.4, 0.5) is 4.79 Å². The van der Waals surface area contributed by atoms with Crippen LogP contribution in [0.3, 0.4) is 0 Å². The molecule has 2 heterocycles. The number of nitrogens with zero attached hydrogens (tertiary/aromatic N) is 4. The molecule has 0 aliphatic carbocycles. The van der Waals surface area contributed by atoms with Crippen molar-refractivity contribution < 1.29 is 19.1 Å². The van der Waals surface area contributed by atoms with Crippen molar-refractivity contribution in [2.75, 3.05) is 13.7 Å².